The molecule has 8 nitrogen and oxygen atoms in total. The monoisotopic (exact) mass is 372 g/mol. The normalized spacial score (nSPS) is 15.7. The summed E-state index contributed by atoms with van der Waals surface area (Å²) in [5.41, 5.74) is 0.970. The van der Waals surface area contributed by atoms with Crippen molar-refractivity contribution in [3.05, 3.63) is 68.6 Å². The highest BCUT2D eigenvalue weighted by atomic mass is 32.2. The van der Waals surface area contributed by atoms with Gasteiger partial charge in [0.05, 0.1) is 16.4 Å². The lowest BCUT2D eigenvalue weighted by Crippen LogP contribution is -2.27. The van der Waals surface area contributed by atoms with Crippen LogP contribution in [0, 0.1) is 10.1 Å². The van der Waals surface area contributed by atoms with E-state index in [9.17, 15) is 29.9 Å². The highest BCUT2D eigenvalue weighted by Crippen LogP contribution is 2.34. The zero-order valence-corrected chi connectivity index (χ0v) is 14.0. The molecule has 2 aromatic rings. The van der Waals surface area contributed by atoms with E-state index in [1.165, 1.54) is 48.5 Å². The van der Waals surface area contributed by atoms with E-state index in [1.54, 1.807) is 0 Å². The molecule has 0 unspecified atom stereocenters. The van der Waals surface area contributed by atoms with E-state index in [1.807, 2.05) is 0 Å². The number of carbonyl (C=O) groups is 2. The summed E-state index contributed by atoms with van der Waals surface area (Å²) in [5.74, 6) is -1.11. The Morgan fingerprint density at radius 1 is 1.08 bits per heavy atom. The van der Waals surface area contributed by atoms with Gasteiger partial charge >= 0.3 is 0 Å². The molecular weight excluding hydrogens is 360 g/mol. The van der Waals surface area contributed by atoms with Gasteiger partial charge in [0, 0.05) is 12.1 Å². The fourth-order valence-electron chi connectivity index (χ4n) is 2.32. The lowest BCUT2D eigenvalue weighted by molar-refractivity contribution is -0.384. The predicted molar refractivity (Wildman–Crippen MR) is 94.4 cm³/mol. The fourth-order valence-corrected chi connectivity index (χ4v) is 3.16. The minimum Gasteiger partial charge on any atom is -0.504 e. The summed E-state index contributed by atoms with van der Waals surface area (Å²) in [7, 11) is 0. The molecule has 26 heavy (non-hydrogen) atoms. The first kappa shape index (κ1) is 17.5. The van der Waals surface area contributed by atoms with Crippen LogP contribution in [-0.4, -0.2) is 31.2 Å². The Morgan fingerprint density at radius 2 is 1.77 bits per heavy atom. The largest absolute Gasteiger partial charge is 0.504 e. The Kier molecular flexibility index (Phi) is 4.63. The maximum absolute atomic E-state index is 12.4. The van der Waals surface area contributed by atoms with Gasteiger partial charge in [0.1, 0.15) is 0 Å². The number of phenolic OH excluding ortho intramolecular Hbond substituents is 2. The second-order valence-electron chi connectivity index (χ2n) is 5.44. The van der Waals surface area contributed by atoms with Crippen molar-refractivity contribution >= 4 is 34.7 Å². The van der Waals surface area contributed by atoms with Crippen LogP contribution in [0.1, 0.15) is 11.1 Å². The van der Waals surface area contributed by atoms with Gasteiger partial charge < -0.3 is 10.2 Å². The Hall–Kier alpha value is -3.33. The third kappa shape index (κ3) is 3.52. The number of nitrogens with zero attached hydrogens (tertiary/aromatic N) is 2. The Bertz CT molecular complexity index is 939. The van der Waals surface area contributed by atoms with Gasteiger partial charge in [-0.2, -0.15) is 0 Å². The number of nitro groups is 1. The van der Waals surface area contributed by atoms with Gasteiger partial charge in [-0.25, -0.2) is 0 Å². The maximum atomic E-state index is 12.4. The lowest BCUT2D eigenvalue weighted by Gasteiger charge is -2.12. The van der Waals surface area contributed by atoms with Crippen molar-refractivity contribution in [2.24, 2.45) is 0 Å². The summed E-state index contributed by atoms with van der Waals surface area (Å²) >= 11 is 0.760. The van der Waals surface area contributed by atoms with Crippen LogP contribution in [0.4, 0.5) is 10.5 Å². The van der Waals surface area contributed by atoms with Gasteiger partial charge in [0.2, 0.25) is 0 Å². The molecule has 0 saturated carbocycles. The van der Waals surface area contributed by atoms with E-state index in [-0.39, 0.29) is 28.6 Å². The number of non-ortho nitro benzene ring substituents is 1. The Morgan fingerprint density at radius 3 is 2.38 bits per heavy atom. The summed E-state index contributed by atoms with van der Waals surface area (Å²) < 4.78 is 0. The smallest absolute Gasteiger partial charge is 0.293 e. The lowest BCUT2D eigenvalue weighted by atomic mass is 10.1. The van der Waals surface area contributed by atoms with Crippen molar-refractivity contribution in [1.29, 1.82) is 0 Å². The van der Waals surface area contributed by atoms with Crippen LogP contribution in [0.5, 0.6) is 11.5 Å². The average molecular weight is 372 g/mol. The second-order valence-corrected chi connectivity index (χ2v) is 6.43. The molecule has 1 aliphatic rings. The summed E-state index contributed by atoms with van der Waals surface area (Å²) in [6.45, 7) is 0.000822. The molecule has 0 aromatic heterocycles. The summed E-state index contributed by atoms with van der Waals surface area (Å²) in [4.78, 5) is 35.9. The molecule has 0 aliphatic carbocycles. The highest BCUT2D eigenvalue weighted by molar-refractivity contribution is 8.18. The minimum absolute atomic E-state index is 0.000822. The van der Waals surface area contributed by atoms with Crippen LogP contribution in [0.15, 0.2) is 47.4 Å². The molecule has 2 N–H and O–H groups in total. The molecule has 1 heterocycles. The highest BCUT2D eigenvalue weighted by Gasteiger charge is 2.35. The third-order valence-corrected chi connectivity index (χ3v) is 4.57. The predicted octanol–water partition coefficient (Wildman–Crippen LogP) is 3.24. The second kappa shape index (κ2) is 6.89. The van der Waals surface area contributed by atoms with Crippen LogP contribution in [0.3, 0.4) is 0 Å². The number of phenols is 2. The van der Waals surface area contributed by atoms with E-state index >= 15 is 0 Å². The molecule has 1 fully saturated rings. The zero-order chi connectivity index (χ0) is 18.8. The molecule has 1 saturated heterocycles. The van der Waals surface area contributed by atoms with Gasteiger partial charge in [0.15, 0.2) is 11.5 Å². The molecule has 9 heteroatoms. The average Bonchev–Trinajstić information content (AvgIpc) is 2.86. The molecule has 0 atom stereocenters. The number of hydrogen-bond donors (Lipinski definition) is 2. The van der Waals surface area contributed by atoms with E-state index in [0.717, 1.165) is 16.7 Å². The number of rotatable bonds is 4. The number of amides is 2. The quantitative estimate of drug-likeness (QED) is 0.366. The van der Waals surface area contributed by atoms with Crippen molar-refractivity contribution in [3.63, 3.8) is 0 Å². The summed E-state index contributed by atoms with van der Waals surface area (Å²) in [6.07, 6.45) is 1.44. The number of benzene rings is 2. The van der Waals surface area contributed by atoms with Crippen molar-refractivity contribution in [1.82, 2.24) is 4.90 Å². The molecular formula is C17H12N2O6S. The number of imide groups is 1. The van der Waals surface area contributed by atoms with Crippen LogP contribution < -0.4 is 0 Å². The Balaban J connectivity index is 1.79. The van der Waals surface area contributed by atoms with Crippen molar-refractivity contribution < 1.29 is 24.7 Å². The summed E-state index contributed by atoms with van der Waals surface area (Å²) in [6, 6.07) is 9.65. The first-order valence-electron chi connectivity index (χ1n) is 7.36. The van der Waals surface area contributed by atoms with Crippen LogP contribution >= 0.6 is 11.8 Å². The first-order valence-corrected chi connectivity index (χ1v) is 8.17. The molecule has 1 aliphatic heterocycles. The number of carbonyl (C=O) groups excluding carboxylic acids is 2. The van der Waals surface area contributed by atoms with Crippen molar-refractivity contribution in [2.75, 3.05) is 0 Å². The van der Waals surface area contributed by atoms with Gasteiger partial charge in [-0.05, 0) is 41.1 Å². The molecule has 0 spiro atoms. The van der Waals surface area contributed by atoms with E-state index in [0.29, 0.717) is 11.1 Å². The van der Waals surface area contributed by atoms with Gasteiger partial charge in [-0.3, -0.25) is 24.6 Å². The SMILES string of the molecule is O=C1SC(=Cc2ccc(O)c(O)c2)C(=O)N1Cc1ccc([N+](=O)[O-])cc1. The maximum Gasteiger partial charge on any atom is 0.293 e. The zero-order valence-electron chi connectivity index (χ0n) is 13.2. The van der Waals surface area contributed by atoms with Crippen molar-refractivity contribution in [2.45, 2.75) is 6.54 Å². The van der Waals surface area contributed by atoms with Gasteiger partial charge in [0.25, 0.3) is 16.8 Å². The summed E-state index contributed by atoms with van der Waals surface area (Å²) in [5, 5.41) is 29.0. The molecule has 2 aromatic carbocycles. The van der Waals surface area contributed by atoms with Crippen LogP contribution in [0.25, 0.3) is 6.08 Å². The van der Waals surface area contributed by atoms with E-state index in [2.05, 4.69) is 0 Å². The minimum atomic E-state index is -0.528. The fraction of sp³-hybridized carbons (Fsp3) is 0.0588. The van der Waals surface area contributed by atoms with E-state index < -0.39 is 16.1 Å². The topological polar surface area (TPSA) is 121 Å². The number of thioether (sulfide) groups is 1. The third-order valence-electron chi connectivity index (χ3n) is 3.66. The number of aromatic hydroxyl groups is 2. The molecule has 2 amide bonds. The van der Waals surface area contributed by atoms with Crippen molar-refractivity contribution in [3.8, 4) is 11.5 Å². The molecule has 0 bridgehead atoms. The van der Waals surface area contributed by atoms with Crippen LogP contribution in [-0.2, 0) is 11.3 Å². The van der Waals surface area contributed by atoms with Crippen LogP contribution in [0.2, 0.25) is 0 Å². The van der Waals surface area contributed by atoms with Gasteiger partial charge in [-0.1, -0.05) is 18.2 Å². The molecule has 3 rings (SSSR count). The molecule has 132 valence electrons. The molecule has 0 radical (unpaired) electrons. The first-order chi connectivity index (χ1) is 12.3. The standard InChI is InChI=1S/C17H12N2O6S/c20-13-6-3-11(7-14(13)21)8-15-16(22)18(17(23)26-15)9-10-1-4-12(5-2-10)19(24)25/h1-8,20-21H,9H2. The van der Waals surface area contributed by atoms with E-state index in [4.69, 9.17) is 0 Å². The number of nitro benzene ring substituents is 1. The Labute approximate surface area is 151 Å². The number of hydrogen-bond acceptors (Lipinski definition) is 7. The van der Waals surface area contributed by atoms with Gasteiger partial charge in [-0.15, -0.1) is 0 Å².